The first-order chi connectivity index (χ1) is 9.58. The Morgan fingerprint density at radius 1 is 1.20 bits per heavy atom. The lowest BCUT2D eigenvalue weighted by Crippen LogP contribution is -2.40. The third kappa shape index (κ3) is 3.73. The van der Waals surface area contributed by atoms with Crippen LogP contribution in [0.2, 0.25) is 0 Å². The van der Waals surface area contributed by atoms with E-state index in [4.69, 9.17) is 5.73 Å². The molecule has 0 spiro atoms. The molecule has 1 fully saturated rings. The Morgan fingerprint density at radius 2 is 1.80 bits per heavy atom. The molecule has 2 rings (SSSR count). The normalized spacial score (nSPS) is 17.7. The zero-order valence-electron chi connectivity index (χ0n) is 12.4. The predicted molar refractivity (Wildman–Crippen MR) is 82.7 cm³/mol. The molecule has 4 heteroatoms. The standard InChI is InChI=1S/C16H25N3O/c1-19(2)14-10-8-12(9-11-14)15(16(17)20)18-13-6-4-3-5-7-13/h8-11,13,15,18H,3-7H2,1-2H3,(H2,17,20). The summed E-state index contributed by atoms with van der Waals surface area (Å²) in [6, 6.07) is 8.05. The molecule has 0 radical (unpaired) electrons. The summed E-state index contributed by atoms with van der Waals surface area (Å²) < 4.78 is 0. The molecule has 0 bridgehead atoms. The average Bonchev–Trinajstić information content (AvgIpc) is 2.45. The first kappa shape index (κ1) is 14.9. The van der Waals surface area contributed by atoms with Gasteiger partial charge in [0.15, 0.2) is 0 Å². The number of nitrogens with zero attached hydrogens (tertiary/aromatic N) is 1. The van der Waals surface area contributed by atoms with Crippen LogP contribution in [0.5, 0.6) is 0 Å². The van der Waals surface area contributed by atoms with Crippen LogP contribution in [0.15, 0.2) is 24.3 Å². The van der Waals surface area contributed by atoms with Gasteiger partial charge in [-0.1, -0.05) is 31.4 Å². The minimum absolute atomic E-state index is 0.298. The van der Waals surface area contributed by atoms with E-state index in [9.17, 15) is 4.79 Å². The zero-order chi connectivity index (χ0) is 14.5. The molecule has 3 N–H and O–H groups in total. The van der Waals surface area contributed by atoms with Gasteiger partial charge in [0.2, 0.25) is 5.91 Å². The van der Waals surface area contributed by atoms with E-state index in [-0.39, 0.29) is 11.9 Å². The van der Waals surface area contributed by atoms with Gasteiger partial charge in [0.1, 0.15) is 6.04 Å². The Bertz CT molecular complexity index is 436. The number of nitrogens with two attached hydrogens (primary N) is 1. The number of rotatable bonds is 5. The fourth-order valence-corrected chi connectivity index (χ4v) is 2.81. The highest BCUT2D eigenvalue weighted by Crippen LogP contribution is 2.23. The number of carbonyl (C=O) groups excluding carboxylic acids is 1. The molecule has 1 aromatic rings. The number of carbonyl (C=O) groups is 1. The first-order valence-electron chi connectivity index (χ1n) is 7.40. The van der Waals surface area contributed by atoms with Crippen molar-refractivity contribution in [2.75, 3.05) is 19.0 Å². The van der Waals surface area contributed by atoms with Crippen LogP contribution in [0.3, 0.4) is 0 Å². The van der Waals surface area contributed by atoms with Gasteiger partial charge in [0.05, 0.1) is 0 Å². The molecule has 0 aromatic heterocycles. The van der Waals surface area contributed by atoms with Gasteiger partial charge in [0.25, 0.3) is 0 Å². The lowest BCUT2D eigenvalue weighted by Gasteiger charge is -2.27. The van der Waals surface area contributed by atoms with Crippen molar-refractivity contribution in [1.29, 1.82) is 0 Å². The Kier molecular flexibility index (Phi) is 5.01. The molecule has 0 saturated heterocycles. The first-order valence-corrected chi connectivity index (χ1v) is 7.40. The number of hydrogen-bond acceptors (Lipinski definition) is 3. The summed E-state index contributed by atoms with van der Waals surface area (Å²) in [5, 5.41) is 3.43. The smallest absolute Gasteiger partial charge is 0.239 e. The molecule has 1 aliphatic rings. The minimum atomic E-state index is -0.380. The number of amides is 1. The van der Waals surface area contributed by atoms with Crippen LogP contribution >= 0.6 is 0 Å². The van der Waals surface area contributed by atoms with Gasteiger partial charge in [0, 0.05) is 25.8 Å². The van der Waals surface area contributed by atoms with Crippen molar-refractivity contribution < 1.29 is 4.79 Å². The van der Waals surface area contributed by atoms with Gasteiger partial charge >= 0.3 is 0 Å². The van der Waals surface area contributed by atoms with E-state index < -0.39 is 0 Å². The molecule has 20 heavy (non-hydrogen) atoms. The maximum absolute atomic E-state index is 11.7. The highest BCUT2D eigenvalue weighted by molar-refractivity contribution is 5.81. The van der Waals surface area contributed by atoms with Crippen LogP contribution in [-0.4, -0.2) is 26.0 Å². The predicted octanol–water partition coefficient (Wildman–Crippen LogP) is 2.20. The van der Waals surface area contributed by atoms with Crippen LogP contribution < -0.4 is 16.0 Å². The van der Waals surface area contributed by atoms with Gasteiger partial charge in [-0.2, -0.15) is 0 Å². The molecule has 1 atom stereocenters. The van der Waals surface area contributed by atoms with Crippen LogP contribution in [0.1, 0.15) is 43.7 Å². The molecule has 4 nitrogen and oxygen atoms in total. The highest BCUT2D eigenvalue weighted by atomic mass is 16.1. The van der Waals surface area contributed by atoms with Crippen molar-refractivity contribution in [3.05, 3.63) is 29.8 Å². The Hall–Kier alpha value is -1.55. The largest absolute Gasteiger partial charge is 0.378 e. The molecule has 1 saturated carbocycles. The summed E-state index contributed by atoms with van der Waals surface area (Å²) in [5.41, 5.74) is 7.64. The highest BCUT2D eigenvalue weighted by Gasteiger charge is 2.23. The monoisotopic (exact) mass is 275 g/mol. The number of nitrogens with one attached hydrogen (secondary N) is 1. The van der Waals surface area contributed by atoms with E-state index in [1.54, 1.807) is 0 Å². The van der Waals surface area contributed by atoms with Crippen molar-refractivity contribution in [3.8, 4) is 0 Å². The van der Waals surface area contributed by atoms with Crippen LogP contribution in [0.25, 0.3) is 0 Å². The maximum Gasteiger partial charge on any atom is 0.239 e. The number of anilines is 1. The van der Waals surface area contributed by atoms with E-state index in [1.165, 1.54) is 19.3 Å². The van der Waals surface area contributed by atoms with Gasteiger partial charge in [-0.25, -0.2) is 0 Å². The second-order valence-electron chi connectivity index (χ2n) is 5.82. The molecule has 0 aliphatic heterocycles. The van der Waals surface area contributed by atoms with E-state index in [0.717, 1.165) is 24.1 Å². The number of benzene rings is 1. The van der Waals surface area contributed by atoms with Gasteiger partial charge < -0.3 is 10.6 Å². The molecular formula is C16H25N3O. The van der Waals surface area contributed by atoms with E-state index in [1.807, 2.05) is 43.3 Å². The summed E-state index contributed by atoms with van der Waals surface area (Å²) in [6.07, 6.45) is 6.06. The topological polar surface area (TPSA) is 58.4 Å². The zero-order valence-corrected chi connectivity index (χ0v) is 12.4. The molecule has 110 valence electrons. The van der Waals surface area contributed by atoms with Crippen molar-refractivity contribution in [2.45, 2.75) is 44.2 Å². The summed E-state index contributed by atoms with van der Waals surface area (Å²) in [6.45, 7) is 0. The van der Waals surface area contributed by atoms with Crippen molar-refractivity contribution in [2.24, 2.45) is 5.73 Å². The number of primary amides is 1. The summed E-state index contributed by atoms with van der Waals surface area (Å²) in [4.78, 5) is 13.8. The van der Waals surface area contributed by atoms with Crippen LogP contribution in [0.4, 0.5) is 5.69 Å². The van der Waals surface area contributed by atoms with E-state index in [2.05, 4.69) is 5.32 Å². The summed E-state index contributed by atoms with van der Waals surface area (Å²) in [5.74, 6) is -0.298. The van der Waals surface area contributed by atoms with Crippen molar-refractivity contribution >= 4 is 11.6 Å². The van der Waals surface area contributed by atoms with Crippen LogP contribution in [0, 0.1) is 0 Å². The molecule has 1 unspecified atom stereocenters. The minimum Gasteiger partial charge on any atom is -0.378 e. The fraction of sp³-hybridized carbons (Fsp3) is 0.562. The second-order valence-corrected chi connectivity index (χ2v) is 5.82. The van der Waals surface area contributed by atoms with Crippen molar-refractivity contribution in [1.82, 2.24) is 5.32 Å². The third-order valence-electron chi connectivity index (χ3n) is 4.03. The number of hydrogen-bond donors (Lipinski definition) is 2. The van der Waals surface area contributed by atoms with Gasteiger partial charge in [-0.15, -0.1) is 0 Å². The Labute approximate surface area is 121 Å². The Balaban J connectivity index is 2.09. The average molecular weight is 275 g/mol. The Morgan fingerprint density at radius 3 is 2.30 bits per heavy atom. The van der Waals surface area contributed by atoms with E-state index in [0.29, 0.717) is 6.04 Å². The van der Waals surface area contributed by atoms with Gasteiger partial charge in [-0.05, 0) is 30.5 Å². The third-order valence-corrected chi connectivity index (χ3v) is 4.03. The lowest BCUT2D eigenvalue weighted by atomic mass is 9.94. The molecule has 1 amide bonds. The molecular weight excluding hydrogens is 250 g/mol. The second kappa shape index (κ2) is 6.75. The molecule has 1 aromatic carbocycles. The van der Waals surface area contributed by atoms with Crippen molar-refractivity contribution in [3.63, 3.8) is 0 Å². The van der Waals surface area contributed by atoms with E-state index >= 15 is 0 Å². The summed E-state index contributed by atoms with van der Waals surface area (Å²) in [7, 11) is 4.00. The molecule has 1 aliphatic carbocycles. The maximum atomic E-state index is 11.7. The lowest BCUT2D eigenvalue weighted by molar-refractivity contribution is -0.120. The SMILES string of the molecule is CN(C)c1ccc(C(NC2CCCCC2)C(N)=O)cc1. The van der Waals surface area contributed by atoms with Gasteiger partial charge in [-0.3, -0.25) is 10.1 Å². The van der Waals surface area contributed by atoms with Crippen LogP contribution in [-0.2, 0) is 4.79 Å². The molecule has 0 heterocycles. The fourth-order valence-electron chi connectivity index (χ4n) is 2.81. The summed E-state index contributed by atoms with van der Waals surface area (Å²) >= 11 is 0. The quantitative estimate of drug-likeness (QED) is 0.866.